The summed E-state index contributed by atoms with van der Waals surface area (Å²) in [5.41, 5.74) is 5.52. The Hall–Kier alpha value is -1.41. The number of aromatic nitrogens is 1. The summed E-state index contributed by atoms with van der Waals surface area (Å²) < 4.78 is 30.9. The molecule has 2 heterocycles. The van der Waals surface area contributed by atoms with Gasteiger partial charge in [-0.25, -0.2) is 8.42 Å². The predicted octanol–water partition coefficient (Wildman–Crippen LogP) is -0.0702. The van der Waals surface area contributed by atoms with E-state index in [9.17, 15) is 13.2 Å². The number of aryl methyl sites for hydroxylation is 2. The molecule has 8 heteroatoms. The molecule has 1 aromatic heterocycles. The summed E-state index contributed by atoms with van der Waals surface area (Å²) >= 11 is 0. The van der Waals surface area contributed by atoms with Crippen LogP contribution in [0.5, 0.6) is 0 Å². The molecule has 0 spiro atoms. The number of hydrogen-bond donors (Lipinski definition) is 1. The van der Waals surface area contributed by atoms with Gasteiger partial charge < -0.3 is 10.3 Å². The maximum atomic E-state index is 12.5. The zero-order valence-electron chi connectivity index (χ0n) is 10.2. The van der Waals surface area contributed by atoms with Gasteiger partial charge in [-0.2, -0.15) is 4.31 Å². The summed E-state index contributed by atoms with van der Waals surface area (Å²) in [6.07, 6.45) is 1.08. The van der Waals surface area contributed by atoms with Crippen molar-refractivity contribution in [3.8, 4) is 0 Å². The van der Waals surface area contributed by atoms with Crippen LogP contribution in [0.3, 0.4) is 0 Å². The van der Waals surface area contributed by atoms with Crippen molar-refractivity contribution in [1.82, 2.24) is 9.46 Å². The van der Waals surface area contributed by atoms with Crippen LogP contribution >= 0.6 is 0 Å². The van der Waals surface area contributed by atoms with E-state index in [1.54, 1.807) is 6.92 Å². The zero-order chi connectivity index (χ0) is 13.5. The fraction of sp³-hybridized carbons (Fsp3) is 0.600. The van der Waals surface area contributed by atoms with Crippen molar-refractivity contribution in [2.24, 2.45) is 5.73 Å². The van der Waals surface area contributed by atoms with Crippen molar-refractivity contribution in [3.05, 3.63) is 11.5 Å². The van der Waals surface area contributed by atoms with Crippen LogP contribution < -0.4 is 5.73 Å². The highest BCUT2D eigenvalue weighted by Crippen LogP contribution is 2.29. The highest BCUT2D eigenvalue weighted by molar-refractivity contribution is 7.89. The highest BCUT2D eigenvalue weighted by Gasteiger charge is 2.40. The number of primary amides is 1. The van der Waals surface area contributed by atoms with Gasteiger partial charge in [0.15, 0.2) is 5.76 Å². The van der Waals surface area contributed by atoms with E-state index in [0.29, 0.717) is 25.1 Å². The van der Waals surface area contributed by atoms with E-state index in [1.807, 2.05) is 0 Å². The Morgan fingerprint density at radius 1 is 1.50 bits per heavy atom. The summed E-state index contributed by atoms with van der Waals surface area (Å²) in [6.45, 7) is 3.38. The topological polar surface area (TPSA) is 106 Å². The van der Waals surface area contributed by atoms with Gasteiger partial charge in [0, 0.05) is 6.54 Å². The third-order valence-electron chi connectivity index (χ3n) is 3.07. The number of carbonyl (C=O) groups excluding carboxylic acids is 1. The minimum atomic E-state index is -3.77. The maximum absolute atomic E-state index is 12.5. The maximum Gasteiger partial charge on any atom is 0.249 e. The lowest BCUT2D eigenvalue weighted by Gasteiger charge is -2.21. The van der Waals surface area contributed by atoms with Gasteiger partial charge in [0.25, 0.3) is 0 Å². The van der Waals surface area contributed by atoms with Gasteiger partial charge in [-0.15, -0.1) is 0 Å². The first kappa shape index (κ1) is 13.0. The molecule has 0 saturated carbocycles. The zero-order valence-corrected chi connectivity index (χ0v) is 11.0. The molecule has 1 aliphatic heterocycles. The first-order valence-corrected chi connectivity index (χ1v) is 7.03. The van der Waals surface area contributed by atoms with Gasteiger partial charge in [-0.05, 0) is 26.7 Å². The Morgan fingerprint density at radius 2 is 2.17 bits per heavy atom. The monoisotopic (exact) mass is 273 g/mol. The van der Waals surface area contributed by atoms with Crippen molar-refractivity contribution in [2.45, 2.75) is 37.6 Å². The van der Waals surface area contributed by atoms with Crippen LogP contribution in [0.1, 0.15) is 24.3 Å². The molecule has 1 aliphatic rings. The summed E-state index contributed by atoms with van der Waals surface area (Å²) in [4.78, 5) is 11.3. The van der Waals surface area contributed by atoms with Gasteiger partial charge in [-0.3, -0.25) is 4.79 Å². The van der Waals surface area contributed by atoms with Gasteiger partial charge in [0.05, 0.1) is 0 Å². The SMILES string of the molecule is Cc1noc(C)c1S(=O)(=O)N1CCC[C@H]1C(N)=O. The molecule has 0 radical (unpaired) electrons. The Bertz CT molecular complexity index is 558. The van der Waals surface area contributed by atoms with Crippen molar-refractivity contribution < 1.29 is 17.7 Å². The number of hydrogen-bond acceptors (Lipinski definition) is 5. The molecule has 1 fully saturated rings. The van der Waals surface area contributed by atoms with Crippen molar-refractivity contribution in [3.63, 3.8) is 0 Å². The molecule has 0 bridgehead atoms. The van der Waals surface area contributed by atoms with E-state index < -0.39 is 22.0 Å². The van der Waals surface area contributed by atoms with Gasteiger partial charge in [0.1, 0.15) is 16.6 Å². The smallest absolute Gasteiger partial charge is 0.249 e. The van der Waals surface area contributed by atoms with Crippen LogP contribution in [-0.2, 0) is 14.8 Å². The Morgan fingerprint density at radius 3 is 2.67 bits per heavy atom. The fourth-order valence-electron chi connectivity index (χ4n) is 2.27. The molecular formula is C10H15N3O4S. The van der Waals surface area contributed by atoms with Crippen molar-refractivity contribution in [1.29, 1.82) is 0 Å². The molecule has 2 N–H and O–H groups in total. The van der Waals surface area contributed by atoms with Crippen LogP contribution in [0.25, 0.3) is 0 Å². The average molecular weight is 273 g/mol. The normalized spacial score (nSPS) is 21.3. The Kier molecular flexibility index (Phi) is 3.16. The number of nitrogens with zero attached hydrogens (tertiary/aromatic N) is 2. The second-order valence-corrected chi connectivity index (χ2v) is 6.16. The molecule has 7 nitrogen and oxygen atoms in total. The predicted molar refractivity (Wildman–Crippen MR) is 62.1 cm³/mol. The van der Waals surface area contributed by atoms with Crippen LogP contribution in [0.15, 0.2) is 9.42 Å². The van der Waals surface area contributed by atoms with Crippen LogP contribution in [0.4, 0.5) is 0 Å². The lowest BCUT2D eigenvalue weighted by molar-refractivity contribution is -0.121. The molecule has 1 saturated heterocycles. The van der Waals surface area contributed by atoms with E-state index in [0.717, 1.165) is 4.31 Å². The highest BCUT2D eigenvalue weighted by atomic mass is 32.2. The number of rotatable bonds is 3. The number of nitrogens with two attached hydrogens (primary N) is 1. The number of sulfonamides is 1. The Labute approximate surface area is 105 Å². The largest absolute Gasteiger partial charge is 0.368 e. The standard InChI is InChI=1S/C10H15N3O4S/c1-6-9(7(2)17-12-6)18(15,16)13-5-3-4-8(13)10(11)14/h8H,3-5H2,1-2H3,(H2,11,14)/t8-/m0/s1. The van der Waals surface area contributed by atoms with E-state index in [-0.39, 0.29) is 10.7 Å². The van der Waals surface area contributed by atoms with Crippen LogP contribution in [0.2, 0.25) is 0 Å². The number of amides is 1. The van der Waals surface area contributed by atoms with Gasteiger partial charge in [-0.1, -0.05) is 5.16 Å². The van der Waals surface area contributed by atoms with Crippen molar-refractivity contribution in [2.75, 3.05) is 6.54 Å². The molecule has 2 rings (SSSR count). The molecule has 0 aliphatic carbocycles. The quantitative estimate of drug-likeness (QED) is 0.829. The summed E-state index contributed by atoms with van der Waals surface area (Å²) in [6, 6.07) is -0.774. The minimum absolute atomic E-state index is 0.0376. The summed E-state index contributed by atoms with van der Waals surface area (Å²) in [7, 11) is -3.77. The van der Waals surface area contributed by atoms with Gasteiger partial charge >= 0.3 is 0 Å². The first-order valence-electron chi connectivity index (χ1n) is 5.59. The second-order valence-electron chi connectivity index (χ2n) is 4.33. The van der Waals surface area contributed by atoms with Crippen LogP contribution in [0, 0.1) is 13.8 Å². The van der Waals surface area contributed by atoms with Gasteiger partial charge in [0.2, 0.25) is 15.9 Å². The lowest BCUT2D eigenvalue weighted by Crippen LogP contribution is -2.43. The van der Waals surface area contributed by atoms with E-state index >= 15 is 0 Å². The summed E-state index contributed by atoms with van der Waals surface area (Å²) in [5, 5.41) is 3.63. The average Bonchev–Trinajstić information content (AvgIpc) is 2.85. The van der Waals surface area contributed by atoms with Crippen molar-refractivity contribution >= 4 is 15.9 Å². The molecule has 0 unspecified atom stereocenters. The first-order chi connectivity index (χ1) is 8.35. The Balaban J connectivity index is 2.46. The molecule has 1 amide bonds. The van der Waals surface area contributed by atoms with Crippen LogP contribution in [-0.4, -0.2) is 36.4 Å². The van der Waals surface area contributed by atoms with E-state index in [2.05, 4.69) is 5.16 Å². The second kappa shape index (κ2) is 4.36. The van der Waals surface area contributed by atoms with E-state index in [1.165, 1.54) is 6.92 Å². The molecule has 100 valence electrons. The van der Waals surface area contributed by atoms with E-state index in [4.69, 9.17) is 10.3 Å². The minimum Gasteiger partial charge on any atom is -0.368 e. The third kappa shape index (κ3) is 1.91. The molecule has 0 aromatic carbocycles. The molecular weight excluding hydrogens is 258 g/mol. The molecule has 18 heavy (non-hydrogen) atoms. The lowest BCUT2D eigenvalue weighted by atomic mass is 10.2. The number of carbonyl (C=O) groups is 1. The third-order valence-corrected chi connectivity index (χ3v) is 5.22. The molecule has 1 atom stereocenters. The molecule has 1 aromatic rings. The summed E-state index contributed by atoms with van der Waals surface area (Å²) in [5.74, 6) is -0.398. The fourth-order valence-corrected chi connectivity index (χ4v) is 4.23.